The van der Waals surface area contributed by atoms with Gasteiger partial charge in [-0.25, -0.2) is 4.79 Å². The van der Waals surface area contributed by atoms with E-state index in [-0.39, 0.29) is 41.3 Å². The average Bonchev–Trinajstić information content (AvgIpc) is 2.83. The number of para-hydroxylation sites is 1. The second-order valence-electron chi connectivity index (χ2n) is 8.76. The number of nitrogens with one attached hydrogen (secondary N) is 3. The number of hydrogen-bond acceptors (Lipinski definition) is 7. The molecule has 0 radical (unpaired) electrons. The number of amides is 1. The van der Waals surface area contributed by atoms with E-state index >= 15 is 0 Å². The fraction of sp³-hybridized carbons (Fsp3) is 0.417. The van der Waals surface area contributed by atoms with Crippen molar-refractivity contribution < 1.29 is 19.6 Å². The van der Waals surface area contributed by atoms with Crippen molar-refractivity contribution >= 4 is 42.4 Å². The van der Waals surface area contributed by atoms with Crippen molar-refractivity contribution in [2.24, 2.45) is 5.92 Å². The highest BCUT2D eigenvalue weighted by Crippen LogP contribution is 2.29. The Hall–Kier alpha value is -2.92. The summed E-state index contributed by atoms with van der Waals surface area (Å²) in [6.45, 7) is 3.52. The van der Waals surface area contributed by atoms with Crippen LogP contribution >= 0.6 is 24.8 Å². The van der Waals surface area contributed by atoms with Gasteiger partial charge in [0.05, 0.1) is 17.6 Å². The number of nitro benzene ring substituents is 1. The molecule has 36 heavy (non-hydrogen) atoms. The number of hydrogen-bond donors (Lipinski definition) is 4. The maximum absolute atomic E-state index is 11.3. The predicted octanol–water partition coefficient (Wildman–Crippen LogP) is 4.16. The van der Waals surface area contributed by atoms with Gasteiger partial charge in [0.1, 0.15) is 11.6 Å². The van der Waals surface area contributed by atoms with Gasteiger partial charge in [0.2, 0.25) is 0 Å². The molecule has 0 bridgehead atoms. The maximum Gasteiger partial charge on any atom is 0.410 e. The van der Waals surface area contributed by atoms with Gasteiger partial charge < -0.3 is 15.2 Å². The van der Waals surface area contributed by atoms with E-state index < -0.39 is 12.1 Å². The van der Waals surface area contributed by atoms with E-state index in [1.54, 1.807) is 12.1 Å². The van der Waals surface area contributed by atoms with E-state index in [1.165, 1.54) is 0 Å². The van der Waals surface area contributed by atoms with Gasteiger partial charge >= 0.3 is 6.09 Å². The Morgan fingerprint density at radius 3 is 2.64 bits per heavy atom. The molecule has 2 aliphatic rings. The summed E-state index contributed by atoms with van der Waals surface area (Å²) < 4.78 is 6.08. The zero-order valence-corrected chi connectivity index (χ0v) is 21.3. The van der Waals surface area contributed by atoms with Gasteiger partial charge in [-0.1, -0.05) is 24.3 Å². The molecule has 2 aromatic rings. The van der Waals surface area contributed by atoms with E-state index in [4.69, 9.17) is 15.3 Å². The number of ether oxygens (including phenoxy) is 1. The second-order valence-corrected chi connectivity index (χ2v) is 8.76. The SMILES string of the molecule is Cl.Cl.N=C(NC(=O)O)C1NCCc2ccc(OCC3CCN(Cc4ccccc4[N+](=O)[O-])CC3)cc21. The quantitative estimate of drug-likeness (QED) is 0.179. The van der Waals surface area contributed by atoms with E-state index in [0.717, 1.165) is 49.0 Å². The molecular formula is C24H31Cl2N5O5. The van der Waals surface area contributed by atoms with Gasteiger partial charge in [0.15, 0.2) is 0 Å². The highest BCUT2D eigenvalue weighted by atomic mass is 35.5. The Balaban J connectivity index is 0.00000228. The minimum Gasteiger partial charge on any atom is -0.493 e. The number of benzene rings is 2. The van der Waals surface area contributed by atoms with Crippen LogP contribution in [0.4, 0.5) is 10.5 Å². The van der Waals surface area contributed by atoms with Gasteiger partial charge in [-0.15, -0.1) is 24.8 Å². The second kappa shape index (κ2) is 13.4. The highest BCUT2D eigenvalue weighted by molar-refractivity contribution is 5.97. The van der Waals surface area contributed by atoms with Gasteiger partial charge in [-0.3, -0.25) is 25.7 Å². The number of likely N-dealkylation sites (tertiary alicyclic amines) is 1. The predicted molar refractivity (Wildman–Crippen MR) is 141 cm³/mol. The summed E-state index contributed by atoms with van der Waals surface area (Å²) in [7, 11) is 0. The first kappa shape index (κ1) is 29.3. The average molecular weight is 540 g/mol. The van der Waals surface area contributed by atoms with Crippen LogP contribution in [0, 0.1) is 21.4 Å². The van der Waals surface area contributed by atoms with E-state index in [0.29, 0.717) is 31.4 Å². The summed E-state index contributed by atoms with van der Waals surface area (Å²) >= 11 is 0. The van der Waals surface area contributed by atoms with E-state index in [2.05, 4.69) is 15.5 Å². The lowest BCUT2D eigenvalue weighted by Crippen LogP contribution is -2.42. The summed E-state index contributed by atoms with van der Waals surface area (Å²) in [4.78, 5) is 24.1. The first-order valence-corrected chi connectivity index (χ1v) is 11.4. The Bertz CT molecular complexity index is 1080. The van der Waals surface area contributed by atoms with Crippen molar-refractivity contribution in [1.82, 2.24) is 15.5 Å². The smallest absolute Gasteiger partial charge is 0.410 e. The molecule has 1 fully saturated rings. The van der Waals surface area contributed by atoms with E-state index in [9.17, 15) is 14.9 Å². The van der Waals surface area contributed by atoms with Crippen LogP contribution in [0.3, 0.4) is 0 Å². The van der Waals surface area contributed by atoms with Crippen LogP contribution in [0.5, 0.6) is 5.75 Å². The van der Waals surface area contributed by atoms with Crippen LogP contribution in [0.1, 0.15) is 35.6 Å². The fourth-order valence-electron chi connectivity index (χ4n) is 4.65. The molecule has 0 saturated carbocycles. The number of nitro groups is 1. The van der Waals surface area contributed by atoms with Crippen LogP contribution in [0.25, 0.3) is 0 Å². The molecule has 0 spiro atoms. The van der Waals surface area contributed by atoms with Crippen molar-refractivity contribution in [3.63, 3.8) is 0 Å². The first-order valence-electron chi connectivity index (χ1n) is 11.4. The number of carbonyl (C=O) groups is 1. The molecule has 0 aliphatic carbocycles. The summed E-state index contributed by atoms with van der Waals surface area (Å²) in [5, 5.41) is 33.6. The third-order valence-electron chi connectivity index (χ3n) is 6.48. The normalized spacial score (nSPS) is 17.6. The van der Waals surface area contributed by atoms with Crippen LogP contribution in [-0.4, -0.2) is 53.1 Å². The maximum atomic E-state index is 11.3. The summed E-state index contributed by atoms with van der Waals surface area (Å²) in [6, 6.07) is 12.2. The standard InChI is InChI=1S/C24H29N5O5.2ClH/c25-23(27-24(30)31)22-20-13-19(6-5-17(20)7-10-26-22)34-15-16-8-11-28(12-9-16)14-18-3-1-2-4-21(18)29(32)33;;/h1-6,13,16,22,26H,7-12,14-15H2,(H2,25,27)(H,30,31);2*1H. The van der Waals surface area contributed by atoms with Crippen LogP contribution in [0.15, 0.2) is 42.5 Å². The van der Waals surface area contributed by atoms with Gasteiger partial charge in [-0.2, -0.15) is 0 Å². The Morgan fingerprint density at radius 2 is 1.94 bits per heavy atom. The minimum atomic E-state index is -1.25. The molecule has 2 aliphatic heterocycles. The molecule has 10 nitrogen and oxygen atoms in total. The summed E-state index contributed by atoms with van der Waals surface area (Å²) in [5.41, 5.74) is 2.85. The number of halogens is 2. The molecule has 4 N–H and O–H groups in total. The van der Waals surface area contributed by atoms with Crippen LogP contribution in [-0.2, 0) is 13.0 Å². The molecule has 1 atom stereocenters. The van der Waals surface area contributed by atoms with Crippen molar-refractivity contribution in [2.75, 3.05) is 26.2 Å². The Labute approximate surface area is 221 Å². The number of piperidine rings is 1. The molecule has 1 amide bonds. The van der Waals surface area contributed by atoms with Crippen LogP contribution in [0.2, 0.25) is 0 Å². The van der Waals surface area contributed by atoms with Crippen molar-refractivity contribution in [1.29, 1.82) is 5.41 Å². The fourth-order valence-corrected chi connectivity index (χ4v) is 4.65. The molecular weight excluding hydrogens is 509 g/mol. The Kier molecular flexibility index (Phi) is 10.9. The molecule has 12 heteroatoms. The third kappa shape index (κ3) is 7.30. The first-order chi connectivity index (χ1) is 16.4. The number of nitrogens with zero attached hydrogens (tertiary/aromatic N) is 2. The van der Waals surface area contributed by atoms with Crippen molar-refractivity contribution in [3.8, 4) is 5.75 Å². The van der Waals surface area contributed by atoms with Gasteiger partial charge in [-0.05, 0) is 61.5 Å². The molecule has 1 unspecified atom stereocenters. The molecule has 1 saturated heterocycles. The topological polar surface area (TPSA) is 141 Å². The zero-order chi connectivity index (χ0) is 24.1. The largest absolute Gasteiger partial charge is 0.493 e. The van der Waals surface area contributed by atoms with Gasteiger partial charge in [0, 0.05) is 24.7 Å². The number of carboxylic acid groups (broad SMARTS) is 1. The summed E-state index contributed by atoms with van der Waals surface area (Å²) in [5.74, 6) is 0.994. The molecule has 196 valence electrons. The number of fused-ring (bicyclic) bond motifs is 1. The Morgan fingerprint density at radius 1 is 1.22 bits per heavy atom. The number of rotatable bonds is 7. The van der Waals surface area contributed by atoms with Crippen molar-refractivity contribution in [3.05, 3.63) is 69.3 Å². The highest BCUT2D eigenvalue weighted by Gasteiger charge is 2.26. The molecule has 2 heterocycles. The third-order valence-corrected chi connectivity index (χ3v) is 6.48. The minimum absolute atomic E-state index is 0. The number of amidine groups is 1. The molecule has 2 aromatic carbocycles. The van der Waals surface area contributed by atoms with Crippen LogP contribution < -0.4 is 15.4 Å². The lowest BCUT2D eigenvalue weighted by molar-refractivity contribution is -0.385. The lowest BCUT2D eigenvalue weighted by atomic mass is 9.93. The molecule has 0 aromatic heterocycles. The molecule has 4 rings (SSSR count). The van der Waals surface area contributed by atoms with Crippen molar-refractivity contribution in [2.45, 2.75) is 31.8 Å². The monoisotopic (exact) mass is 539 g/mol. The van der Waals surface area contributed by atoms with Gasteiger partial charge in [0.25, 0.3) is 5.69 Å². The van der Waals surface area contributed by atoms with E-state index in [1.807, 2.05) is 30.3 Å². The summed E-state index contributed by atoms with van der Waals surface area (Å²) in [6.07, 6.45) is 1.45. The zero-order valence-electron chi connectivity index (χ0n) is 19.6. The lowest BCUT2D eigenvalue weighted by Gasteiger charge is -2.32.